The lowest BCUT2D eigenvalue weighted by molar-refractivity contribution is -0.138. The summed E-state index contributed by atoms with van der Waals surface area (Å²) in [4.78, 5) is 11.0. The van der Waals surface area contributed by atoms with Crippen LogP contribution in [0.15, 0.2) is 24.3 Å². The van der Waals surface area contributed by atoms with Crippen molar-refractivity contribution < 1.29 is 18.3 Å². The van der Waals surface area contributed by atoms with Gasteiger partial charge >= 0.3 is 5.97 Å². The molecule has 1 saturated carbocycles. The summed E-state index contributed by atoms with van der Waals surface area (Å²) in [6, 6.07) is 6.68. The van der Waals surface area contributed by atoms with E-state index in [4.69, 9.17) is 16.7 Å². The normalized spacial score (nSPS) is 27.8. The minimum atomic E-state index is -3.36. The smallest absolute Gasteiger partial charge is 0.308 e. The molecule has 1 aromatic rings. The molecule has 1 fully saturated rings. The summed E-state index contributed by atoms with van der Waals surface area (Å²) in [5, 5.41) is 8.63. The van der Waals surface area contributed by atoms with E-state index in [2.05, 4.69) is 0 Å². The van der Waals surface area contributed by atoms with E-state index in [0.717, 1.165) is 6.26 Å². The van der Waals surface area contributed by atoms with Gasteiger partial charge in [0.25, 0.3) is 0 Å². The first-order valence-corrected chi connectivity index (χ1v) is 7.33. The van der Waals surface area contributed by atoms with Gasteiger partial charge in [-0.3, -0.25) is 4.79 Å². The SMILES string of the molecule is CS(=O)(=O)C1C(C(=O)O)C1c1cccc(Cl)c1. The Balaban J connectivity index is 2.37. The Bertz CT molecular complexity index is 567. The van der Waals surface area contributed by atoms with Gasteiger partial charge in [0.15, 0.2) is 9.84 Å². The Morgan fingerprint density at radius 2 is 2.06 bits per heavy atom. The third kappa shape index (κ3) is 2.30. The fourth-order valence-electron chi connectivity index (χ4n) is 2.22. The monoisotopic (exact) mass is 274 g/mol. The molecule has 3 unspecified atom stereocenters. The van der Waals surface area contributed by atoms with Crippen LogP contribution in [-0.4, -0.2) is 31.0 Å². The van der Waals surface area contributed by atoms with Crippen molar-refractivity contribution in [2.24, 2.45) is 5.92 Å². The van der Waals surface area contributed by atoms with Crippen molar-refractivity contribution in [1.29, 1.82) is 0 Å². The van der Waals surface area contributed by atoms with Crippen LogP contribution in [0.25, 0.3) is 0 Å². The van der Waals surface area contributed by atoms with Gasteiger partial charge in [-0.25, -0.2) is 8.42 Å². The Morgan fingerprint density at radius 3 is 2.47 bits per heavy atom. The zero-order valence-corrected chi connectivity index (χ0v) is 10.6. The summed E-state index contributed by atoms with van der Waals surface area (Å²) >= 11 is 5.81. The molecular formula is C11H11ClO4S. The molecule has 0 aromatic heterocycles. The summed E-state index contributed by atoms with van der Waals surface area (Å²) in [5.74, 6) is -2.42. The van der Waals surface area contributed by atoms with Gasteiger partial charge in [0, 0.05) is 17.2 Å². The van der Waals surface area contributed by atoms with Gasteiger partial charge < -0.3 is 5.11 Å². The fraction of sp³-hybridized carbons (Fsp3) is 0.364. The molecule has 0 bridgehead atoms. The van der Waals surface area contributed by atoms with Gasteiger partial charge in [-0.2, -0.15) is 0 Å². The fourth-order valence-corrected chi connectivity index (χ4v) is 4.01. The van der Waals surface area contributed by atoms with E-state index in [-0.39, 0.29) is 0 Å². The van der Waals surface area contributed by atoms with Crippen LogP contribution in [0.1, 0.15) is 11.5 Å². The van der Waals surface area contributed by atoms with Crippen molar-refractivity contribution >= 4 is 27.4 Å². The summed E-state index contributed by atoms with van der Waals surface area (Å²) < 4.78 is 23.0. The molecule has 1 aliphatic carbocycles. The average molecular weight is 275 g/mol. The van der Waals surface area contributed by atoms with Crippen LogP contribution in [0.2, 0.25) is 5.02 Å². The molecule has 1 aliphatic rings. The topological polar surface area (TPSA) is 71.4 Å². The lowest BCUT2D eigenvalue weighted by Gasteiger charge is -1.99. The number of carboxylic acids is 1. The number of benzene rings is 1. The van der Waals surface area contributed by atoms with Crippen molar-refractivity contribution in [1.82, 2.24) is 0 Å². The number of carbonyl (C=O) groups is 1. The quantitative estimate of drug-likeness (QED) is 0.908. The number of sulfone groups is 1. The molecule has 0 radical (unpaired) electrons. The Labute approximate surface area is 104 Å². The van der Waals surface area contributed by atoms with Gasteiger partial charge in [-0.15, -0.1) is 0 Å². The van der Waals surface area contributed by atoms with Crippen LogP contribution in [0.3, 0.4) is 0 Å². The largest absolute Gasteiger partial charge is 0.481 e. The minimum absolute atomic E-state index is 0.478. The van der Waals surface area contributed by atoms with Crippen LogP contribution in [-0.2, 0) is 14.6 Å². The first-order valence-electron chi connectivity index (χ1n) is 4.99. The molecule has 2 rings (SSSR count). The molecular weight excluding hydrogens is 264 g/mol. The second-order valence-corrected chi connectivity index (χ2v) is 6.88. The number of aliphatic carboxylic acids is 1. The molecule has 4 nitrogen and oxygen atoms in total. The highest BCUT2D eigenvalue weighted by molar-refractivity contribution is 7.91. The first-order chi connectivity index (χ1) is 7.82. The predicted molar refractivity (Wildman–Crippen MR) is 64.0 cm³/mol. The van der Waals surface area contributed by atoms with Gasteiger partial charge in [0.05, 0.1) is 11.2 Å². The third-order valence-electron chi connectivity index (χ3n) is 2.97. The van der Waals surface area contributed by atoms with E-state index >= 15 is 0 Å². The number of halogens is 1. The zero-order valence-electron chi connectivity index (χ0n) is 9.00. The van der Waals surface area contributed by atoms with Gasteiger partial charge in [-0.05, 0) is 17.7 Å². The Morgan fingerprint density at radius 1 is 1.41 bits per heavy atom. The molecule has 0 aliphatic heterocycles. The van der Waals surface area contributed by atoms with Gasteiger partial charge in [0.2, 0.25) is 0 Å². The van der Waals surface area contributed by atoms with Gasteiger partial charge in [-0.1, -0.05) is 23.7 Å². The lowest BCUT2D eigenvalue weighted by atomic mass is 10.1. The highest BCUT2D eigenvalue weighted by Gasteiger charge is 2.61. The standard InChI is InChI=1S/C11H11ClO4S/c1-17(15,16)10-8(9(10)11(13)14)6-3-2-4-7(12)5-6/h2-5,8-10H,1H3,(H,13,14). The van der Waals surface area contributed by atoms with E-state index in [1.54, 1.807) is 24.3 Å². The van der Waals surface area contributed by atoms with Crippen LogP contribution in [0, 0.1) is 5.92 Å². The summed E-state index contributed by atoms with van der Waals surface area (Å²) in [6.45, 7) is 0. The molecule has 3 atom stereocenters. The molecule has 92 valence electrons. The van der Waals surface area contributed by atoms with Crippen LogP contribution >= 0.6 is 11.6 Å². The van der Waals surface area contributed by atoms with E-state index < -0.39 is 32.9 Å². The highest BCUT2D eigenvalue weighted by atomic mass is 35.5. The maximum Gasteiger partial charge on any atom is 0.308 e. The molecule has 6 heteroatoms. The molecule has 17 heavy (non-hydrogen) atoms. The van der Waals surface area contributed by atoms with Crippen molar-refractivity contribution in [3.05, 3.63) is 34.9 Å². The lowest BCUT2D eigenvalue weighted by Crippen LogP contribution is -2.10. The molecule has 0 amide bonds. The van der Waals surface area contributed by atoms with Crippen molar-refractivity contribution in [3.63, 3.8) is 0 Å². The van der Waals surface area contributed by atoms with Crippen LogP contribution < -0.4 is 0 Å². The second kappa shape index (κ2) is 3.99. The van der Waals surface area contributed by atoms with Crippen LogP contribution in [0.4, 0.5) is 0 Å². The predicted octanol–water partition coefficient (Wildman–Crippen LogP) is 1.55. The Hall–Kier alpha value is -1.07. The summed E-state index contributed by atoms with van der Waals surface area (Å²) in [6.07, 6.45) is 1.07. The van der Waals surface area contributed by atoms with Gasteiger partial charge in [0.1, 0.15) is 0 Å². The molecule has 0 spiro atoms. The van der Waals surface area contributed by atoms with E-state index in [9.17, 15) is 13.2 Å². The van der Waals surface area contributed by atoms with E-state index in [1.807, 2.05) is 0 Å². The maximum atomic E-state index is 11.5. The first kappa shape index (κ1) is 12.4. The highest BCUT2D eigenvalue weighted by Crippen LogP contribution is 2.52. The van der Waals surface area contributed by atoms with E-state index in [1.165, 1.54) is 0 Å². The van der Waals surface area contributed by atoms with E-state index in [0.29, 0.717) is 10.6 Å². The number of hydrogen-bond acceptors (Lipinski definition) is 3. The number of hydrogen-bond donors (Lipinski definition) is 1. The molecule has 0 heterocycles. The number of rotatable bonds is 3. The second-order valence-electron chi connectivity index (χ2n) is 4.24. The molecule has 0 saturated heterocycles. The molecule has 1 aromatic carbocycles. The maximum absolute atomic E-state index is 11.5. The van der Waals surface area contributed by atoms with Crippen LogP contribution in [0.5, 0.6) is 0 Å². The molecule has 1 N–H and O–H groups in total. The number of carboxylic acid groups (broad SMARTS) is 1. The summed E-state index contributed by atoms with van der Waals surface area (Å²) in [7, 11) is -3.36. The third-order valence-corrected chi connectivity index (χ3v) is 4.78. The van der Waals surface area contributed by atoms with Crippen molar-refractivity contribution in [3.8, 4) is 0 Å². The van der Waals surface area contributed by atoms with Crippen molar-refractivity contribution in [2.75, 3.05) is 6.26 Å². The zero-order chi connectivity index (χ0) is 12.8. The Kier molecular flexibility index (Phi) is 2.91. The van der Waals surface area contributed by atoms with Crippen molar-refractivity contribution in [2.45, 2.75) is 11.2 Å². The average Bonchev–Trinajstić information content (AvgIpc) is 2.91. The minimum Gasteiger partial charge on any atom is -0.481 e. The summed E-state index contributed by atoms with van der Waals surface area (Å²) in [5.41, 5.74) is 0.667.